The summed E-state index contributed by atoms with van der Waals surface area (Å²) in [5, 5.41) is 24.9. The van der Waals surface area contributed by atoms with E-state index < -0.39 is 56.6 Å². The Bertz CT molecular complexity index is 1510. The molecule has 16 nitrogen and oxygen atoms in total. The summed E-state index contributed by atoms with van der Waals surface area (Å²) in [5.74, 6) is -0.685. The SMILES string of the molecule is CC(C(=O)OCc1ccccc1)N(Oc1ccccc1)[P+](=O)OC[C@@]1(N=[N+]=[N-])O[C@@H](n2ccc(N)nc2=O)[C@H](O)[C@@H]1O. The van der Waals surface area contributed by atoms with Gasteiger partial charge in [-0.1, -0.05) is 53.6 Å². The molecule has 17 heteroatoms. The van der Waals surface area contributed by atoms with Gasteiger partial charge in [0.2, 0.25) is 5.72 Å². The van der Waals surface area contributed by atoms with Gasteiger partial charge in [-0.25, -0.2) is 4.79 Å². The average Bonchev–Trinajstić information content (AvgIpc) is 3.23. The fourth-order valence-corrected chi connectivity index (χ4v) is 4.85. The molecule has 1 fully saturated rings. The van der Waals surface area contributed by atoms with E-state index in [4.69, 9.17) is 24.6 Å². The van der Waals surface area contributed by atoms with E-state index in [0.717, 1.165) is 21.2 Å². The second-order valence-electron chi connectivity index (χ2n) is 9.01. The van der Waals surface area contributed by atoms with Crippen molar-refractivity contribution in [1.82, 2.24) is 14.4 Å². The Kier molecular flexibility index (Phi) is 9.83. The van der Waals surface area contributed by atoms with Crippen molar-refractivity contribution in [3.05, 3.63) is 99.4 Å². The van der Waals surface area contributed by atoms with Crippen LogP contribution in [0.1, 0.15) is 18.7 Å². The van der Waals surface area contributed by atoms with Crippen molar-refractivity contribution in [2.75, 3.05) is 12.3 Å². The molecule has 1 aliphatic heterocycles. The first-order chi connectivity index (χ1) is 20.1. The second-order valence-corrected chi connectivity index (χ2v) is 10.1. The number of aliphatic hydroxyl groups is 2. The fourth-order valence-electron chi connectivity index (χ4n) is 3.91. The van der Waals surface area contributed by atoms with Crippen molar-refractivity contribution < 1.29 is 38.4 Å². The minimum Gasteiger partial charge on any atom is -0.459 e. The van der Waals surface area contributed by atoms with Crippen molar-refractivity contribution >= 4 is 20.0 Å². The van der Waals surface area contributed by atoms with E-state index in [2.05, 4.69) is 15.0 Å². The number of carbonyl (C=O) groups excluding carboxylic acids is 1. The number of azide groups is 1. The van der Waals surface area contributed by atoms with Crippen LogP contribution in [0.4, 0.5) is 5.82 Å². The third-order valence-electron chi connectivity index (χ3n) is 6.12. The van der Waals surface area contributed by atoms with Gasteiger partial charge in [0.25, 0.3) is 0 Å². The minimum atomic E-state index is -3.07. The van der Waals surface area contributed by atoms with Gasteiger partial charge in [-0.05, 0) is 40.8 Å². The number of esters is 1. The van der Waals surface area contributed by atoms with E-state index in [1.807, 2.05) is 6.07 Å². The summed E-state index contributed by atoms with van der Waals surface area (Å²) in [4.78, 5) is 37.8. The lowest BCUT2D eigenvalue weighted by Crippen LogP contribution is -2.45. The van der Waals surface area contributed by atoms with E-state index in [9.17, 15) is 29.9 Å². The number of hydrogen-bond acceptors (Lipinski definition) is 12. The van der Waals surface area contributed by atoms with Crippen LogP contribution >= 0.6 is 8.18 Å². The number of ether oxygens (including phenoxy) is 2. The number of aromatic nitrogens is 2. The Labute approximate surface area is 239 Å². The second kappa shape index (κ2) is 13.5. The number of nitrogen functional groups attached to an aromatic ring is 1. The van der Waals surface area contributed by atoms with Crippen molar-refractivity contribution in [2.45, 2.75) is 43.7 Å². The summed E-state index contributed by atoms with van der Waals surface area (Å²) in [6.07, 6.45) is -4.15. The lowest BCUT2D eigenvalue weighted by atomic mass is 10.1. The molecule has 4 rings (SSSR count). The van der Waals surface area contributed by atoms with Crippen molar-refractivity contribution in [2.24, 2.45) is 5.11 Å². The van der Waals surface area contributed by atoms with Crippen molar-refractivity contribution in [3.63, 3.8) is 0 Å². The summed E-state index contributed by atoms with van der Waals surface area (Å²) in [6, 6.07) is 17.0. The predicted octanol–water partition coefficient (Wildman–Crippen LogP) is 2.18. The highest BCUT2D eigenvalue weighted by Gasteiger charge is 2.57. The molecular formula is C25H27N7O9P+. The number of carbonyl (C=O) groups is 1. The predicted molar refractivity (Wildman–Crippen MR) is 145 cm³/mol. The molecule has 1 aliphatic rings. The minimum absolute atomic E-state index is 0.0561. The van der Waals surface area contributed by atoms with E-state index in [-0.39, 0.29) is 18.2 Å². The van der Waals surface area contributed by atoms with Gasteiger partial charge in [-0.15, -0.1) is 4.52 Å². The summed E-state index contributed by atoms with van der Waals surface area (Å²) in [5.41, 5.74) is 12.2. The van der Waals surface area contributed by atoms with Crippen LogP contribution in [0.25, 0.3) is 10.4 Å². The largest absolute Gasteiger partial charge is 0.653 e. The summed E-state index contributed by atoms with van der Waals surface area (Å²) < 4.78 is 30.6. The molecule has 2 unspecified atom stereocenters. The Morgan fingerprint density at radius 2 is 1.90 bits per heavy atom. The van der Waals surface area contributed by atoms with Gasteiger partial charge in [0, 0.05) is 11.1 Å². The maximum absolute atomic E-state index is 13.4. The molecule has 220 valence electrons. The lowest BCUT2D eigenvalue weighted by molar-refractivity contribution is -0.157. The Hall–Kier alpha value is -4.40. The zero-order valence-corrected chi connectivity index (χ0v) is 23.0. The molecule has 2 aromatic carbocycles. The molecule has 2 heterocycles. The molecule has 0 bridgehead atoms. The molecule has 1 saturated heterocycles. The topological polar surface area (TPSA) is 224 Å². The molecule has 3 aromatic rings. The van der Waals surface area contributed by atoms with E-state index >= 15 is 0 Å². The summed E-state index contributed by atoms with van der Waals surface area (Å²) in [6.45, 7) is 0.426. The van der Waals surface area contributed by atoms with Gasteiger partial charge >= 0.3 is 19.8 Å². The van der Waals surface area contributed by atoms with E-state index in [1.165, 1.54) is 13.0 Å². The van der Waals surface area contributed by atoms with Crippen LogP contribution < -0.4 is 16.3 Å². The first-order valence-electron chi connectivity index (χ1n) is 12.4. The van der Waals surface area contributed by atoms with Crippen LogP contribution in [-0.4, -0.2) is 61.1 Å². The Balaban J connectivity index is 1.53. The smallest absolute Gasteiger partial charge is 0.459 e. The van der Waals surface area contributed by atoms with Crippen LogP contribution in [0.15, 0.2) is 82.8 Å². The summed E-state index contributed by atoms with van der Waals surface area (Å²) in [7, 11) is -3.07. The van der Waals surface area contributed by atoms with Gasteiger partial charge in [-0.3, -0.25) is 9.36 Å². The van der Waals surface area contributed by atoms with Crippen molar-refractivity contribution in [1.29, 1.82) is 0 Å². The zero-order valence-electron chi connectivity index (χ0n) is 22.1. The first kappa shape index (κ1) is 30.6. The molecule has 0 aliphatic carbocycles. The fraction of sp³-hybridized carbons (Fsp3) is 0.320. The van der Waals surface area contributed by atoms with Gasteiger partial charge in [-0.2, -0.15) is 4.98 Å². The molecule has 4 N–H and O–H groups in total. The third kappa shape index (κ3) is 6.90. The number of hydroxylamine groups is 1. The number of para-hydroxylation sites is 1. The van der Waals surface area contributed by atoms with Gasteiger partial charge in [0.1, 0.15) is 36.1 Å². The van der Waals surface area contributed by atoms with Crippen LogP contribution in [0.2, 0.25) is 0 Å². The average molecular weight is 601 g/mol. The van der Waals surface area contributed by atoms with E-state index in [1.54, 1.807) is 54.6 Å². The Morgan fingerprint density at radius 3 is 2.55 bits per heavy atom. The molecule has 6 atom stereocenters. The van der Waals surface area contributed by atoms with Crippen molar-refractivity contribution in [3.8, 4) is 5.75 Å². The van der Waals surface area contributed by atoms with Crippen LogP contribution in [0.5, 0.6) is 5.75 Å². The number of rotatable bonds is 12. The number of nitrogens with two attached hydrogens (primary N) is 1. The molecule has 42 heavy (non-hydrogen) atoms. The van der Waals surface area contributed by atoms with Gasteiger partial charge < -0.3 is 30.3 Å². The number of benzene rings is 2. The number of hydrogen-bond donors (Lipinski definition) is 3. The quantitative estimate of drug-likeness (QED) is 0.0679. The normalized spacial score (nSPS) is 22.7. The standard InChI is InChI=1S/C25H26N7O9P/c1-16(23(35)38-14-17-8-4-2-5-9-17)32(41-18-10-6-3-7-11-18)42(37)39-15-25(29-30-27)21(34)20(33)22(40-25)31-13-12-19(26)28-24(31)36/h2-13,16,20-22,33-34H,14-15H2,1H3,(H-,26,28,36)/p+1/t16?,20-,21+,22-,25-/m1/s1. The first-order valence-corrected chi connectivity index (χ1v) is 13.6. The molecule has 0 amide bonds. The van der Waals surface area contributed by atoms with Gasteiger partial charge in [0.15, 0.2) is 18.0 Å². The highest BCUT2D eigenvalue weighted by molar-refractivity contribution is 7.36. The number of anilines is 1. The highest BCUT2D eigenvalue weighted by atomic mass is 31.1. The molecule has 0 saturated carbocycles. The van der Waals surface area contributed by atoms with Crippen LogP contribution in [-0.2, 0) is 30.0 Å². The molecule has 0 spiro atoms. The Morgan fingerprint density at radius 1 is 1.24 bits per heavy atom. The molecule has 1 aromatic heterocycles. The number of aliphatic hydroxyl groups excluding tert-OH is 2. The zero-order chi connectivity index (χ0) is 30.3. The highest BCUT2D eigenvalue weighted by Crippen LogP contribution is 2.41. The number of nitrogens with zero attached hydrogens (tertiary/aromatic N) is 6. The molecular weight excluding hydrogens is 573 g/mol. The van der Waals surface area contributed by atoms with Crippen LogP contribution in [0, 0.1) is 0 Å². The van der Waals surface area contributed by atoms with Crippen LogP contribution in [0.3, 0.4) is 0 Å². The lowest BCUT2D eigenvalue weighted by Gasteiger charge is -2.24. The maximum atomic E-state index is 13.4. The molecule has 0 radical (unpaired) electrons. The van der Waals surface area contributed by atoms with Gasteiger partial charge in [0.05, 0.1) is 0 Å². The monoisotopic (exact) mass is 600 g/mol. The maximum Gasteiger partial charge on any atom is 0.653 e. The summed E-state index contributed by atoms with van der Waals surface area (Å²) >= 11 is 0. The third-order valence-corrected chi connectivity index (χ3v) is 7.22. The van der Waals surface area contributed by atoms with E-state index in [0.29, 0.717) is 0 Å².